The number of thiophene rings is 1. The molecule has 4 rings (SSSR count). The normalized spacial score (nSPS) is 17.9. The molecule has 2 heterocycles. The maximum Gasteiger partial charge on any atom is 0.249 e. The highest BCUT2D eigenvalue weighted by Gasteiger charge is 2.34. The minimum atomic E-state index is -0.608. The molecule has 2 amide bonds. The zero-order chi connectivity index (χ0) is 23.0. The summed E-state index contributed by atoms with van der Waals surface area (Å²) in [4.78, 5) is 30.3. The van der Waals surface area contributed by atoms with Crippen LogP contribution in [0, 0.1) is 0 Å². The molecule has 0 bridgehead atoms. The number of nitrogens with zero attached hydrogens (tertiary/aromatic N) is 2. The first-order valence-corrected chi connectivity index (χ1v) is 13.4. The Morgan fingerprint density at radius 2 is 2.00 bits per heavy atom. The van der Waals surface area contributed by atoms with Crippen molar-refractivity contribution in [3.63, 3.8) is 0 Å². The second kappa shape index (κ2) is 11.7. The Hall–Kier alpha value is -2.34. The van der Waals surface area contributed by atoms with Crippen molar-refractivity contribution in [2.45, 2.75) is 82.7 Å². The van der Waals surface area contributed by atoms with Gasteiger partial charge in [-0.1, -0.05) is 37.0 Å². The fourth-order valence-corrected chi connectivity index (χ4v) is 5.87. The van der Waals surface area contributed by atoms with E-state index in [0.717, 1.165) is 55.5 Å². The van der Waals surface area contributed by atoms with Crippen LogP contribution >= 0.6 is 11.3 Å². The van der Waals surface area contributed by atoms with Crippen LogP contribution in [0.15, 0.2) is 47.5 Å². The highest BCUT2D eigenvalue weighted by molar-refractivity contribution is 7.10. The van der Waals surface area contributed by atoms with E-state index < -0.39 is 6.04 Å². The Morgan fingerprint density at radius 1 is 1.15 bits per heavy atom. The summed E-state index contributed by atoms with van der Waals surface area (Å²) in [6, 6.07) is 7.53. The summed E-state index contributed by atoms with van der Waals surface area (Å²) in [5.41, 5.74) is 2.30. The van der Waals surface area contributed by atoms with Gasteiger partial charge in [-0.25, -0.2) is 0 Å². The predicted molar refractivity (Wildman–Crippen MR) is 134 cm³/mol. The zero-order valence-corrected chi connectivity index (χ0v) is 20.6. The lowest BCUT2D eigenvalue weighted by Gasteiger charge is -2.34. The lowest BCUT2D eigenvalue weighted by atomic mass is 9.94. The van der Waals surface area contributed by atoms with Crippen molar-refractivity contribution in [2.75, 3.05) is 6.54 Å². The molecule has 0 aliphatic heterocycles. The summed E-state index contributed by atoms with van der Waals surface area (Å²) in [6.45, 7) is 0.573. The molecule has 0 saturated heterocycles. The summed E-state index contributed by atoms with van der Waals surface area (Å²) in [5.74, 6) is -0.0142. The van der Waals surface area contributed by atoms with Gasteiger partial charge < -0.3 is 14.8 Å². The highest BCUT2D eigenvalue weighted by atomic mass is 32.1. The van der Waals surface area contributed by atoms with E-state index in [-0.39, 0.29) is 17.9 Å². The van der Waals surface area contributed by atoms with E-state index in [1.165, 1.54) is 24.8 Å². The molecule has 0 radical (unpaired) electrons. The molecule has 6 heteroatoms. The summed E-state index contributed by atoms with van der Waals surface area (Å²) in [5, 5.41) is 5.31. The van der Waals surface area contributed by atoms with Gasteiger partial charge in [-0.05, 0) is 68.5 Å². The van der Waals surface area contributed by atoms with Gasteiger partial charge in [-0.3, -0.25) is 9.59 Å². The monoisotopic (exact) mass is 467 g/mol. The number of allylic oxidation sites excluding steroid dienone is 1. The van der Waals surface area contributed by atoms with Gasteiger partial charge in [-0.2, -0.15) is 0 Å². The van der Waals surface area contributed by atoms with Gasteiger partial charge in [0.25, 0.3) is 0 Å². The molecule has 1 unspecified atom stereocenters. The molecule has 1 atom stereocenters. The average Bonchev–Trinajstić information content (AvgIpc) is 3.49. The quantitative estimate of drug-likeness (QED) is 0.493. The largest absolute Gasteiger partial charge is 0.352 e. The number of amides is 2. The van der Waals surface area contributed by atoms with Gasteiger partial charge in [0.15, 0.2) is 6.04 Å². The lowest BCUT2D eigenvalue weighted by molar-refractivity contribution is -0.141. The van der Waals surface area contributed by atoms with Gasteiger partial charge >= 0.3 is 0 Å². The molecule has 0 aromatic carbocycles. The van der Waals surface area contributed by atoms with Gasteiger partial charge in [0, 0.05) is 36.4 Å². The molecule has 2 aliphatic rings. The van der Waals surface area contributed by atoms with E-state index in [1.807, 2.05) is 52.4 Å². The Labute approximate surface area is 201 Å². The van der Waals surface area contributed by atoms with Crippen LogP contribution < -0.4 is 5.32 Å². The third kappa shape index (κ3) is 6.38. The number of carbonyl (C=O) groups is 2. The van der Waals surface area contributed by atoms with Crippen molar-refractivity contribution < 1.29 is 9.59 Å². The smallest absolute Gasteiger partial charge is 0.249 e. The molecule has 2 aromatic heterocycles. The Bertz CT molecular complexity index is 940. The highest BCUT2D eigenvalue weighted by Crippen LogP contribution is 2.28. The first kappa shape index (κ1) is 23.8. The lowest BCUT2D eigenvalue weighted by Crippen LogP contribution is -2.48. The summed E-state index contributed by atoms with van der Waals surface area (Å²) in [6.07, 6.45) is 15.8. The van der Waals surface area contributed by atoms with E-state index in [9.17, 15) is 9.59 Å². The molecule has 1 saturated carbocycles. The van der Waals surface area contributed by atoms with E-state index in [1.54, 1.807) is 11.3 Å². The molecule has 1 fully saturated rings. The van der Waals surface area contributed by atoms with Crippen LogP contribution in [0.5, 0.6) is 0 Å². The molecular formula is C27H37N3O2S. The summed E-state index contributed by atoms with van der Waals surface area (Å²) >= 11 is 1.60. The maximum absolute atomic E-state index is 13.7. The molecular weight excluding hydrogens is 430 g/mol. The third-order valence-corrected chi connectivity index (χ3v) is 7.94. The van der Waals surface area contributed by atoms with Crippen LogP contribution in [0.2, 0.25) is 0 Å². The van der Waals surface area contributed by atoms with Gasteiger partial charge in [0.1, 0.15) is 0 Å². The second-order valence-corrected chi connectivity index (χ2v) is 10.5. The maximum atomic E-state index is 13.7. The molecule has 0 spiro atoms. The van der Waals surface area contributed by atoms with Crippen molar-refractivity contribution >= 4 is 23.2 Å². The van der Waals surface area contributed by atoms with Gasteiger partial charge in [0.2, 0.25) is 11.8 Å². The van der Waals surface area contributed by atoms with Crippen molar-refractivity contribution in [1.29, 1.82) is 0 Å². The number of carbonyl (C=O) groups excluding carboxylic acids is 2. The van der Waals surface area contributed by atoms with E-state index in [2.05, 4.69) is 11.4 Å². The second-order valence-electron chi connectivity index (χ2n) is 9.49. The standard InChI is InChI=1S/C27H37N3O2S/c1-29-17-8-15-24(29)26(27(32)28-22-12-6-3-7-13-22)30(18-16-21-10-4-2-5-11-21)25(31)20-23-14-9-19-33-23/h8-10,14-15,17,19,22,26H,2-7,11-13,16,18,20H2,1H3,(H,28,32). The number of hydrogen-bond donors (Lipinski definition) is 1. The number of nitrogens with one attached hydrogen (secondary N) is 1. The van der Waals surface area contributed by atoms with Gasteiger partial charge in [0.05, 0.1) is 6.42 Å². The Kier molecular flexibility index (Phi) is 8.43. The first-order valence-electron chi connectivity index (χ1n) is 12.5. The number of aromatic nitrogens is 1. The molecule has 5 nitrogen and oxygen atoms in total. The third-order valence-electron chi connectivity index (χ3n) is 7.06. The van der Waals surface area contributed by atoms with E-state index >= 15 is 0 Å². The fourth-order valence-electron chi connectivity index (χ4n) is 5.18. The molecule has 178 valence electrons. The predicted octanol–water partition coefficient (Wildman–Crippen LogP) is 5.54. The molecule has 2 aromatic rings. The van der Waals surface area contributed by atoms with Crippen LogP contribution in [0.25, 0.3) is 0 Å². The summed E-state index contributed by atoms with van der Waals surface area (Å²) in [7, 11) is 1.96. The van der Waals surface area contributed by atoms with Crippen molar-refractivity contribution in [3.8, 4) is 0 Å². The average molecular weight is 468 g/mol. The molecule has 1 N–H and O–H groups in total. The Morgan fingerprint density at radius 3 is 2.67 bits per heavy atom. The van der Waals surface area contributed by atoms with Crippen LogP contribution in [-0.4, -0.2) is 33.9 Å². The minimum absolute atomic E-state index is 0.0267. The van der Waals surface area contributed by atoms with Crippen LogP contribution in [-0.2, 0) is 23.1 Å². The SMILES string of the molecule is Cn1cccc1C(C(=O)NC1CCCCC1)N(CCC1=CCCCC1)C(=O)Cc1cccs1. The number of hydrogen-bond acceptors (Lipinski definition) is 3. The zero-order valence-electron chi connectivity index (χ0n) is 19.8. The van der Waals surface area contributed by atoms with Crippen LogP contribution in [0.1, 0.15) is 80.8 Å². The van der Waals surface area contributed by atoms with E-state index in [4.69, 9.17) is 0 Å². The van der Waals surface area contributed by atoms with Crippen LogP contribution in [0.3, 0.4) is 0 Å². The Balaban J connectivity index is 1.60. The van der Waals surface area contributed by atoms with Crippen molar-refractivity contribution in [2.24, 2.45) is 7.05 Å². The van der Waals surface area contributed by atoms with Gasteiger partial charge in [-0.15, -0.1) is 11.3 Å². The number of aryl methyl sites for hydroxylation is 1. The topological polar surface area (TPSA) is 54.3 Å². The molecule has 33 heavy (non-hydrogen) atoms. The van der Waals surface area contributed by atoms with E-state index in [0.29, 0.717) is 13.0 Å². The number of rotatable bonds is 9. The first-order chi connectivity index (χ1) is 16.1. The fraction of sp³-hybridized carbons (Fsp3) is 0.556. The van der Waals surface area contributed by atoms with Crippen molar-refractivity contribution in [1.82, 2.24) is 14.8 Å². The van der Waals surface area contributed by atoms with Crippen LogP contribution in [0.4, 0.5) is 0 Å². The van der Waals surface area contributed by atoms with Crippen molar-refractivity contribution in [3.05, 3.63) is 58.1 Å². The summed E-state index contributed by atoms with van der Waals surface area (Å²) < 4.78 is 1.98. The molecule has 2 aliphatic carbocycles. The minimum Gasteiger partial charge on any atom is -0.352 e.